The van der Waals surface area contributed by atoms with Crippen LogP contribution in [-0.4, -0.2) is 11.3 Å². The van der Waals surface area contributed by atoms with Crippen molar-refractivity contribution in [2.24, 2.45) is 0 Å². The Hall–Kier alpha value is -0.360. The zero-order valence-electron chi connectivity index (χ0n) is 6.81. The van der Waals surface area contributed by atoms with Gasteiger partial charge >= 0.3 is 0 Å². The molecule has 1 heterocycles. The molecule has 0 fully saturated rings. The molecule has 0 N–H and O–H groups in total. The van der Waals surface area contributed by atoms with E-state index in [2.05, 4.69) is 36.8 Å². The number of aldehydes is 1. The molecule has 0 unspecified atom stereocenters. The Morgan fingerprint density at radius 1 is 1.57 bits per heavy atom. The second-order valence-electron chi connectivity index (χ2n) is 2.43. The van der Waals surface area contributed by atoms with Crippen LogP contribution in [0.2, 0.25) is 0 Å². The molecule has 76 valence electrons. The van der Waals surface area contributed by atoms with Crippen molar-refractivity contribution in [1.82, 2.24) is 4.98 Å². The molecular weight excluding hydrogens is 324 g/mol. The Morgan fingerprint density at radius 3 is 2.64 bits per heavy atom. The minimum Gasteiger partial charge on any atom is -0.298 e. The number of pyridine rings is 1. The summed E-state index contributed by atoms with van der Waals surface area (Å²) in [4.78, 5) is 14.5. The minimum absolute atomic E-state index is 0.0498. The van der Waals surface area contributed by atoms with Crippen LogP contribution >= 0.6 is 31.9 Å². The van der Waals surface area contributed by atoms with Gasteiger partial charge in [-0.15, -0.1) is 0 Å². The molecule has 0 aliphatic heterocycles. The Labute approximate surface area is 96.0 Å². The van der Waals surface area contributed by atoms with Crippen LogP contribution in [0.15, 0.2) is 10.7 Å². The molecule has 0 aliphatic rings. The molecule has 2 nitrogen and oxygen atoms in total. The summed E-state index contributed by atoms with van der Waals surface area (Å²) in [5, 5.41) is 0.272. The van der Waals surface area contributed by atoms with Gasteiger partial charge in [0.2, 0.25) is 0 Å². The monoisotopic (exact) mass is 327 g/mol. The number of rotatable bonds is 3. The van der Waals surface area contributed by atoms with Crippen molar-refractivity contribution in [2.75, 3.05) is 0 Å². The van der Waals surface area contributed by atoms with Crippen molar-refractivity contribution in [3.63, 3.8) is 0 Å². The van der Waals surface area contributed by atoms with Crippen molar-refractivity contribution in [2.45, 2.75) is 11.8 Å². The predicted molar refractivity (Wildman–Crippen MR) is 54.9 cm³/mol. The lowest BCUT2D eigenvalue weighted by molar-refractivity contribution is 0.110. The molecule has 0 radical (unpaired) electrons. The zero-order valence-corrected chi connectivity index (χ0v) is 9.98. The first kappa shape index (κ1) is 11.7. The molecule has 1 aromatic rings. The van der Waals surface area contributed by atoms with E-state index in [1.165, 1.54) is 6.20 Å². The average Bonchev–Trinajstić information content (AvgIpc) is 2.16. The number of hydrogen-bond acceptors (Lipinski definition) is 2. The van der Waals surface area contributed by atoms with Crippen LogP contribution < -0.4 is 0 Å². The van der Waals surface area contributed by atoms with E-state index in [0.717, 1.165) is 0 Å². The Bertz CT molecular complexity index is 357. The van der Waals surface area contributed by atoms with E-state index >= 15 is 0 Å². The number of carbonyl (C=O) groups is 1. The minimum atomic E-state index is -2.69. The van der Waals surface area contributed by atoms with Gasteiger partial charge in [-0.3, -0.25) is 9.78 Å². The Kier molecular flexibility index (Phi) is 4.12. The van der Waals surface area contributed by atoms with Gasteiger partial charge < -0.3 is 0 Å². The van der Waals surface area contributed by atoms with Gasteiger partial charge in [0.1, 0.15) is 0 Å². The second-order valence-corrected chi connectivity index (χ2v) is 3.85. The first-order chi connectivity index (χ1) is 6.61. The Balaban J connectivity index is 3.42. The summed E-state index contributed by atoms with van der Waals surface area (Å²) in [6.07, 6.45) is -1.02. The van der Waals surface area contributed by atoms with E-state index in [9.17, 15) is 13.6 Å². The summed E-state index contributed by atoms with van der Waals surface area (Å²) in [6, 6.07) is 0. The van der Waals surface area contributed by atoms with Crippen LogP contribution in [-0.2, 0) is 5.33 Å². The summed E-state index contributed by atoms with van der Waals surface area (Å²) in [5.74, 6) is 0. The van der Waals surface area contributed by atoms with Gasteiger partial charge in [0.15, 0.2) is 6.29 Å². The Morgan fingerprint density at radius 2 is 2.21 bits per heavy atom. The summed E-state index contributed by atoms with van der Waals surface area (Å²) >= 11 is 6.01. The number of nitrogens with zero attached hydrogens (tertiary/aromatic N) is 1. The molecule has 1 rings (SSSR count). The van der Waals surface area contributed by atoms with Crippen LogP contribution in [0, 0.1) is 0 Å². The van der Waals surface area contributed by atoms with Crippen molar-refractivity contribution in [3.05, 3.63) is 27.5 Å². The van der Waals surface area contributed by atoms with Crippen LogP contribution in [0.4, 0.5) is 8.78 Å². The van der Waals surface area contributed by atoms with E-state index in [4.69, 9.17) is 0 Å². The summed E-state index contributed by atoms with van der Waals surface area (Å²) in [7, 11) is 0. The largest absolute Gasteiger partial charge is 0.298 e. The van der Waals surface area contributed by atoms with Crippen LogP contribution in [0.1, 0.15) is 28.0 Å². The van der Waals surface area contributed by atoms with Gasteiger partial charge in [0.25, 0.3) is 6.43 Å². The topological polar surface area (TPSA) is 30.0 Å². The lowest BCUT2D eigenvalue weighted by Gasteiger charge is -2.08. The van der Waals surface area contributed by atoms with Crippen LogP contribution in [0.5, 0.6) is 0 Å². The maximum atomic E-state index is 12.6. The predicted octanol–water partition coefficient (Wildman–Crippen LogP) is 3.49. The highest BCUT2D eigenvalue weighted by Gasteiger charge is 2.19. The molecule has 0 aromatic carbocycles. The van der Waals surface area contributed by atoms with E-state index in [-0.39, 0.29) is 20.9 Å². The fourth-order valence-corrected chi connectivity index (χ4v) is 1.95. The molecule has 0 amide bonds. The number of carbonyl (C=O) groups excluding carboxylic acids is 1. The molecule has 6 heteroatoms. The highest BCUT2D eigenvalue weighted by atomic mass is 79.9. The highest BCUT2D eigenvalue weighted by molar-refractivity contribution is 9.10. The fraction of sp³-hybridized carbons (Fsp3) is 0.250. The van der Waals surface area contributed by atoms with Gasteiger partial charge in [0.05, 0.1) is 5.69 Å². The van der Waals surface area contributed by atoms with Crippen molar-refractivity contribution < 1.29 is 13.6 Å². The third-order valence-electron chi connectivity index (χ3n) is 1.65. The summed E-state index contributed by atoms with van der Waals surface area (Å²) in [6.45, 7) is 0. The normalized spacial score (nSPS) is 10.6. The standard InChI is InChI=1S/C8H5Br2F2NO/c9-1-6-4(3-14)7(8(11)12)5(10)2-13-6/h2-3,8H,1H2. The average molecular weight is 329 g/mol. The maximum absolute atomic E-state index is 12.6. The van der Waals surface area contributed by atoms with E-state index < -0.39 is 6.43 Å². The first-order valence-electron chi connectivity index (χ1n) is 3.58. The molecule has 0 bridgehead atoms. The van der Waals surface area contributed by atoms with E-state index in [1.807, 2.05) is 0 Å². The van der Waals surface area contributed by atoms with Gasteiger partial charge in [-0.2, -0.15) is 0 Å². The first-order valence-corrected chi connectivity index (χ1v) is 5.49. The van der Waals surface area contributed by atoms with Gasteiger partial charge in [0, 0.05) is 27.1 Å². The van der Waals surface area contributed by atoms with Crippen molar-refractivity contribution >= 4 is 38.1 Å². The number of aromatic nitrogens is 1. The lowest BCUT2D eigenvalue weighted by atomic mass is 10.1. The quantitative estimate of drug-likeness (QED) is 0.628. The van der Waals surface area contributed by atoms with E-state index in [1.54, 1.807) is 0 Å². The number of hydrogen-bond donors (Lipinski definition) is 0. The van der Waals surface area contributed by atoms with Crippen LogP contribution in [0.25, 0.3) is 0 Å². The molecular formula is C8H5Br2F2NO. The van der Waals surface area contributed by atoms with E-state index in [0.29, 0.717) is 12.0 Å². The lowest BCUT2D eigenvalue weighted by Crippen LogP contribution is -2.02. The maximum Gasteiger partial charge on any atom is 0.265 e. The van der Waals surface area contributed by atoms with Crippen LogP contribution in [0.3, 0.4) is 0 Å². The third kappa shape index (κ3) is 2.17. The molecule has 0 saturated carbocycles. The van der Waals surface area contributed by atoms with Gasteiger partial charge in [-0.05, 0) is 15.9 Å². The molecule has 1 aromatic heterocycles. The number of halogens is 4. The molecule has 0 spiro atoms. The highest BCUT2D eigenvalue weighted by Crippen LogP contribution is 2.31. The number of alkyl halides is 3. The molecule has 0 saturated heterocycles. The molecule has 14 heavy (non-hydrogen) atoms. The zero-order chi connectivity index (χ0) is 10.7. The molecule has 0 aliphatic carbocycles. The van der Waals surface area contributed by atoms with Crippen molar-refractivity contribution in [1.29, 1.82) is 0 Å². The van der Waals surface area contributed by atoms with Gasteiger partial charge in [-0.1, -0.05) is 15.9 Å². The third-order valence-corrected chi connectivity index (χ3v) is 2.82. The summed E-state index contributed by atoms with van der Waals surface area (Å²) < 4.78 is 25.3. The smallest absolute Gasteiger partial charge is 0.265 e. The van der Waals surface area contributed by atoms with Gasteiger partial charge in [-0.25, -0.2) is 8.78 Å². The SMILES string of the molecule is O=Cc1c(CBr)ncc(Br)c1C(F)F. The van der Waals surface area contributed by atoms with Crippen molar-refractivity contribution in [3.8, 4) is 0 Å². The fourth-order valence-electron chi connectivity index (χ4n) is 1.02. The second kappa shape index (κ2) is 4.93. The summed E-state index contributed by atoms with van der Waals surface area (Å²) in [5.41, 5.74) is -0.0331. The molecule has 0 atom stereocenters.